The van der Waals surface area contributed by atoms with Crippen molar-refractivity contribution in [1.29, 1.82) is 0 Å². The molecule has 2 amide bonds. The summed E-state index contributed by atoms with van der Waals surface area (Å²) in [7, 11) is 1.56. The number of piperidine rings is 1. The molecule has 1 saturated heterocycles. The first-order valence-electron chi connectivity index (χ1n) is 11.9. The molecule has 4 aromatic rings. The van der Waals surface area contributed by atoms with E-state index in [1.807, 2.05) is 35.2 Å². The molecule has 3 heterocycles. The Morgan fingerprint density at radius 3 is 2.86 bits per heavy atom. The molecule has 192 valence electrons. The average Bonchev–Trinajstić information content (AvgIpc) is 3.28. The van der Waals surface area contributed by atoms with Gasteiger partial charge in [0.2, 0.25) is 0 Å². The number of amides is 2. The standard InChI is InChI=1S/C26H25BrCl2N6O2/c1-37-23-9-8-17(28)11-22(23)33-26(36)34-10-4-5-16(15-34)13-30-24-12-21(18-6-2-3-7-20(18)29)32-25-19(27)14-31-35(24)25/h2-3,6-9,11-12,14,16,30H,4-5,10,13,15H2,1H3,(H,33,36). The van der Waals surface area contributed by atoms with Gasteiger partial charge in [-0.2, -0.15) is 9.61 Å². The number of hydrogen-bond donors (Lipinski definition) is 2. The molecule has 5 rings (SSSR count). The summed E-state index contributed by atoms with van der Waals surface area (Å²) >= 11 is 16.1. The number of methoxy groups -OCH3 is 1. The predicted octanol–water partition coefficient (Wildman–Crippen LogP) is 6.83. The molecule has 0 radical (unpaired) electrons. The molecule has 2 aromatic carbocycles. The van der Waals surface area contributed by atoms with E-state index in [9.17, 15) is 4.79 Å². The lowest BCUT2D eigenvalue weighted by Crippen LogP contribution is -2.44. The number of likely N-dealkylation sites (tertiary alicyclic amines) is 1. The van der Waals surface area contributed by atoms with Crippen LogP contribution in [0.15, 0.2) is 59.2 Å². The van der Waals surface area contributed by atoms with Gasteiger partial charge >= 0.3 is 6.03 Å². The number of rotatable bonds is 6. The highest BCUT2D eigenvalue weighted by molar-refractivity contribution is 9.10. The topological polar surface area (TPSA) is 83.8 Å². The summed E-state index contributed by atoms with van der Waals surface area (Å²) < 4.78 is 7.92. The molecule has 1 aliphatic heterocycles. The van der Waals surface area contributed by atoms with Gasteiger partial charge in [-0.15, -0.1) is 0 Å². The molecule has 1 atom stereocenters. The maximum absolute atomic E-state index is 13.0. The van der Waals surface area contributed by atoms with E-state index in [1.165, 1.54) is 0 Å². The van der Waals surface area contributed by atoms with Gasteiger partial charge < -0.3 is 20.3 Å². The highest BCUT2D eigenvalue weighted by atomic mass is 79.9. The molecule has 8 nitrogen and oxygen atoms in total. The lowest BCUT2D eigenvalue weighted by Gasteiger charge is -2.33. The monoisotopic (exact) mass is 602 g/mol. The summed E-state index contributed by atoms with van der Waals surface area (Å²) in [5, 5.41) is 12.1. The van der Waals surface area contributed by atoms with Crippen LogP contribution in [0.3, 0.4) is 0 Å². The fourth-order valence-corrected chi connectivity index (χ4v) is 5.26. The summed E-state index contributed by atoms with van der Waals surface area (Å²) in [6, 6.07) is 14.6. The number of carbonyl (C=O) groups excluding carboxylic acids is 1. The number of ether oxygens (including phenoxy) is 1. The van der Waals surface area contributed by atoms with E-state index in [0.717, 1.165) is 34.4 Å². The zero-order chi connectivity index (χ0) is 25.9. The molecule has 37 heavy (non-hydrogen) atoms. The minimum Gasteiger partial charge on any atom is -0.495 e. The van der Waals surface area contributed by atoms with Crippen molar-refractivity contribution in [2.45, 2.75) is 12.8 Å². The Hall–Kier alpha value is -3.01. The molecule has 0 bridgehead atoms. The fourth-order valence-electron chi connectivity index (χ4n) is 4.51. The molecule has 0 saturated carbocycles. The number of hydrogen-bond acceptors (Lipinski definition) is 5. The fraction of sp³-hybridized carbons (Fsp3) is 0.269. The molecular weight excluding hydrogens is 579 g/mol. The number of aromatic nitrogens is 3. The molecule has 1 aliphatic rings. The third-order valence-corrected chi connectivity index (χ3v) is 7.48. The van der Waals surface area contributed by atoms with Crippen LogP contribution in [0, 0.1) is 5.92 Å². The normalized spacial score (nSPS) is 15.6. The Morgan fingerprint density at radius 1 is 1.22 bits per heavy atom. The Balaban J connectivity index is 1.30. The lowest BCUT2D eigenvalue weighted by atomic mass is 9.98. The van der Waals surface area contributed by atoms with Crippen LogP contribution in [0.2, 0.25) is 10.0 Å². The molecule has 0 spiro atoms. The van der Waals surface area contributed by atoms with Crippen molar-refractivity contribution in [3.63, 3.8) is 0 Å². The highest BCUT2D eigenvalue weighted by Crippen LogP contribution is 2.31. The van der Waals surface area contributed by atoms with Gasteiger partial charge in [-0.05, 0) is 59.0 Å². The quantitative estimate of drug-likeness (QED) is 0.252. The molecular formula is C26H25BrCl2N6O2. The van der Waals surface area contributed by atoms with E-state index < -0.39 is 0 Å². The van der Waals surface area contributed by atoms with Crippen LogP contribution in [0.4, 0.5) is 16.3 Å². The molecule has 0 aliphatic carbocycles. The summed E-state index contributed by atoms with van der Waals surface area (Å²) in [5.41, 5.74) is 2.84. The first kappa shape index (κ1) is 25.6. The Kier molecular flexibility index (Phi) is 7.73. The van der Waals surface area contributed by atoms with Crippen molar-refractivity contribution in [2.24, 2.45) is 5.92 Å². The largest absolute Gasteiger partial charge is 0.495 e. The van der Waals surface area contributed by atoms with E-state index in [2.05, 4.69) is 31.7 Å². The maximum atomic E-state index is 13.0. The van der Waals surface area contributed by atoms with Gasteiger partial charge in [0.25, 0.3) is 0 Å². The van der Waals surface area contributed by atoms with Crippen LogP contribution in [0.25, 0.3) is 16.9 Å². The summed E-state index contributed by atoms with van der Waals surface area (Å²) in [5.74, 6) is 1.62. The minimum absolute atomic E-state index is 0.173. The van der Waals surface area contributed by atoms with Crippen molar-refractivity contribution in [3.05, 3.63) is 69.2 Å². The Labute approximate surface area is 233 Å². The van der Waals surface area contributed by atoms with Crippen LogP contribution in [0.5, 0.6) is 5.75 Å². The zero-order valence-corrected chi connectivity index (χ0v) is 23.1. The van der Waals surface area contributed by atoms with Crippen molar-refractivity contribution in [3.8, 4) is 17.0 Å². The zero-order valence-electron chi connectivity index (χ0n) is 20.0. The van der Waals surface area contributed by atoms with Gasteiger partial charge in [-0.1, -0.05) is 41.4 Å². The van der Waals surface area contributed by atoms with Crippen molar-refractivity contribution in [1.82, 2.24) is 19.5 Å². The maximum Gasteiger partial charge on any atom is 0.321 e. The first-order valence-corrected chi connectivity index (χ1v) is 13.4. The van der Waals surface area contributed by atoms with Crippen LogP contribution in [-0.2, 0) is 0 Å². The van der Waals surface area contributed by atoms with E-state index >= 15 is 0 Å². The number of nitrogens with zero attached hydrogens (tertiary/aromatic N) is 4. The number of fused-ring (bicyclic) bond motifs is 1. The Morgan fingerprint density at radius 2 is 2.05 bits per heavy atom. The smallest absolute Gasteiger partial charge is 0.321 e. The van der Waals surface area contributed by atoms with E-state index in [-0.39, 0.29) is 11.9 Å². The van der Waals surface area contributed by atoms with E-state index in [4.69, 9.17) is 32.9 Å². The lowest BCUT2D eigenvalue weighted by molar-refractivity contribution is 0.180. The second-order valence-electron chi connectivity index (χ2n) is 8.84. The number of anilines is 2. The third-order valence-electron chi connectivity index (χ3n) is 6.36. The van der Waals surface area contributed by atoms with Crippen molar-refractivity contribution >= 4 is 62.3 Å². The van der Waals surface area contributed by atoms with Crippen LogP contribution in [0.1, 0.15) is 12.8 Å². The van der Waals surface area contributed by atoms with Gasteiger partial charge in [0.05, 0.1) is 29.2 Å². The average molecular weight is 604 g/mol. The van der Waals surface area contributed by atoms with E-state index in [0.29, 0.717) is 46.8 Å². The number of benzene rings is 2. The number of carbonyl (C=O) groups is 1. The highest BCUT2D eigenvalue weighted by Gasteiger charge is 2.25. The van der Waals surface area contributed by atoms with Gasteiger partial charge in [-0.3, -0.25) is 0 Å². The Bertz CT molecular complexity index is 1450. The summed E-state index contributed by atoms with van der Waals surface area (Å²) in [4.78, 5) is 19.6. The van der Waals surface area contributed by atoms with Gasteiger partial charge in [0, 0.05) is 41.3 Å². The van der Waals surface area contributed by atoms with Crippen LogP contribution in [-0.4, -0.2) is 52.3 Å². The SMILES string of the molecule is COc1ccc(Cl)cc1NC(=O)N1CCCC(CNc2cc(-c3ccccc3Cl)nc3c(Br)cnn23)C1. The van der Waals surface area contributed by atoms with Gasteiger partial charge in [-0.25, -0.2) is 9.78 Å². The molecule has 2 aromatic heterocycles. The van der Waals surface area contributed by atoms with E-state index in [1.54, 1.807) is 36.0 Å². The van der Waals surface area contributed by atoms with Crippen LogP contribution >= 0.6 is 39.1 Å². The van der Waals surface area contributed by atoms with Gasteiger partial charge in [0.1, 0.15) is 11.6 Å². The number of nitrogens with one attached hydrogen (secondary N) is 2. The molecule has 2 N–H and O–H groups in total. The molecule has 1 unspecified atom stereocenters. The number of halogens is 3. The second-order valence-corrected chi connectivity index (χ2v) is 10.5. The van der Waals surface area contributed by atoms with Crippen molar-refractivity contribution in [2.75, 3.05) is 37.4 Å². The molecule has 11 heteroatoms. The third kappa shape index (κ3) is 5.63. The second kappa shape index (κ2) is 11.2. The number of urea groups is 1. The first-order chi connectivity index (χ1) is 17.9. The predicted molar refractivity (Wildman–Crippen MR) is 151 cm³/mol. The van der Waals surface area contributed by atoms with Crippen LogP contribution < -0.4 is 15.4 Å². The van der Waals surface area contributed by atoms with Gasteiger partial charge in [0.15, 0.2) is 5.65 Å². The minimum atomic E-state index is -0.173. The molecule has 1 fully saturated rings. The summed E-state index contributed by atoms with van der Waals surface area (Å²) in [6.07, 6.45) is 3.64. The summed E-state index contributed by atoms with van der Waals surface area (Å²) in [6.45, 7) is 1.98. The van der Waals surface area contributed by atoms with Crippen molar-refractivity contribution < 1.29 is 9.53 Å².